The van der Waals surface area contributed by atoms with Crippen molar-refractivity contribution >= 4 is 35.1 Å². The molecule has 26 heavy (non-hydrogen) atoms. The molecule has 1 aliphatic heterocycles. The lowest BCUT2D eigenvalue weighted by Crippen LogP contribution is -2.49. The molecule has 0 radical (unpaired) electrons. The molecule has 0 atom stereocenters. The van der Waals surface area contributed by atoms with Gasteiger partial charge in [-0.25, -0.2) is 4.79 Å². The van der Waals surface area contributed by atoms with Crippen LogP contribution in [0.15, 0.2) is 18.2 Å². The van der Waals surface area contributed by atoms with Crippen LogP contribution in [0.4, 0.5) is 10.5 Å². The lowest BCUT2D eigenvalue weighted by atomic mass is 9.77. The molecule has 1 heterocycles. The first-order valence-corrected chi connectivity index (χ1v) is 9.00. The van der Waals surface area contributed by atoms with Crippen molar-refractivity contribution in [1.29, 1.82) is 0 Å². The van der Waals surface area contributed by atoms with Crippen LogP contribution in [0, 0.1) is 5.92 Å². The Kier molecular flexibility index (Phi) is 5.09. The fourth-order valence-electron chi connectivity index (χ4n) is 3.50. The Morgan fingerprint density at radius 2 is 2.08 bits per heavy atom. The zero-order valence-corrected chi connectivity index (χ0v) is 15.6. The van der Waals surface area contributed by atoms with E-state index in [9.17, 15) is 14.4 Å². The van der Waals surface area contributed by atoms with Crippen molar-refractivity contribution in [3.63, 3.8) is 0 Å². The number of nitrogens with zero attached hydrogens (tertiary/aromatic N) is 1. The standard InChI is InChI=1S/C18H22ClN3O4/c1-11-5-7-18(8-6-11)16(24)22(17(25)21-18)10-15(23)20-12-3-4-14(26-2)13(19)9-12/h3-4,9,11H,5-8,10H2,1-2H3,(H,20,23)(H,21,25). The van der Waals surface area contributed by atoms with Crippen molar-refractivity contribution in [2.45, 2.75) is 38.1 Å². The summed E-state index contributed by atoms with van der Waals surface area (Å²) in [6, 6.07) is 4.31. The van der Waals surface area contributed by atoms with Crippen LogP contribution in [-0.2, 0) is 9.59 Å². The summed E-state index contributed by atoms with van der Waals surface area (Å²) in [5.41, 5.74) is -0.373. The molecule has 140 valence electrons. The molecule has 1 aromatic rings. The molecule has 2 N–H and O–H groups in total. The van der Waals surface area contributed by atoms with Crippen LogP contribution in [0.5, 0.6) is 5.75 Å². The fraction of sp³-hybridized carbons (Fsp3) is 0.500. The average Bonchev–Trinajstić information content (AvgIpc) is 2.82. The third kappa shape index (κ3) is 3.49. The largest absolute Gasteiger partial charge is 0.495 e. The number of nitrogens with one attached hydrogen (secondary N) is 2. The van der Waals surface area contributed by atoms with Crippen LogP contribution in [-0.4, -0.2) is 41.9 Å². The molecular formula is C18H22ClN3O4. The molecule has 8 heteroatoms. The fourth-order valence-corrected chi connectivity index (χ4v) is 3.76. The SMILES string of the molecule is COc1ccc(NC(=O)CN2C(=O)NC3(CCC(C)CC3)C2=O)cc1Cl. The number of ether oxygens (including phenoxy) is 1. The summed E-state index contributed by atoms with van der Waals surface area (Å²) in [6.45, 7) is 1.81. The number of methoxy groups -OCH3 is 1. The minimum absolute atomic E-state index is 0.308. The van der Waals surface area contributed by atoms with Crippen LogP contribution in [0.3, 0.4) is 0 Å². The third-order valence-corrected chi connectivity index (χ3v) is 5.41. The van der Waals surface area contributed by atoms with E-state index < -0.39 is 17.5 Å². The predicted molar refractivity (Wildman–Crippen MR) is 97.2 cm³/mol. The Hall–Kier alpha value is -2.28. The number of rotatable bonds is 4. The average molecular weight is 380 g/mol. The minimum Gasteiger partial charge on any atom is -0.495 e. The van der Waals surface area contributed by atoms with Crippen molar-refractivity contribution in [2.24, 2.45) is 5.92 Å². The van der Waals surface area contributed by atoms with Gasteiger partial charge in [0.2, 0.25) is 5.91 Å². The first kappa shape index (κ1) is 18.5. The van der Waals surface area contributed by atoms with Gasteiger partial charge in [-0.05, 0) is 49.8 Å². The highest BCUT2D eigenvalue weighted by molar-refractivity contribution is 6.32. The Labute approximate surface area is 157 Å². The van der Waals surface area contributed by atoms with E-state index in [1.54, 1.807) is 18.2 Å². The van der Waals surface area contributed by atoms with Crippen LogP contribution in [0.2, 0.25) is 5.02 Å². The van der Waals surface area contributed by atoms with Gasteiger partial charge >= 0.3 is 6.03 Å². The topological polar surface area (TPSA) is 87.7 Å². The second-order valence-corrected chi connectivity index (χ2v) is 7.39. The molecule has 1 aromatic carbocycles. The van der Waals surface area contributed by atoms with Crippen molar-refractivity contribution in [3.05, 3.63) is 23.2 Å². The van der Waals surface area contributed by atoms with E-state index in [1.165, 1.54) is 7.11 Å². The molecule has 0 unspecified atom stereocenters. The minimum atomic E-state index is -0.840. The summed E-state index contributed by atoms with van der Waals surface area (Å²) < 4.78 is 5.06. The third-order valence-electron chi connectivity index (χ3n) is 5.11. The van der Waals surface area contributed by atoms with Gasteiger partial charge in [-0.3, -0.25) is 14.5 Å². The van der Waals surface area contributed by atoms with E-state index in [1.807, 2.05) is 0 Å². The normalized spacial score (nSPS) is 25.3. The second-order valence-electron chi connectivity index (χ2n) is 6.98. The van der Waals surface area contributed by atoms with E-state index in [0.717, 1.165) is 17.7 Å². The molecule has 3 rings (SSSR count). The Morgan fingerprint density at radius 1 is 1.38 bits per heavy atom. The summed E-state index contributed by atoms with van der Waals surface area (Å²) in [5.74, 6) is 0.267. The molecule has 1 saturated heterocycles. The van der Waals surface area contributed by atoms with Gasteiger partial charge in [0.1, 0.15) is 17.8 Å². The molecule has 2 aliphatic rings. The van der Waals surface area contributed by atoms with E-state index in [0.29, 0.717) is 35.2 Å². The van der Waals surface area contributed by atoms with E-state index in [-0.39, 0.29) is 12.5 Å². The predicted octanol–water partition coefficient (Wildman–Crippen LogP) is 2.79. The summed E-state index contributed by atoms with van der Waals surface area (Å²) in [6.07, 6.45) is 3.00. The molecular weight excluding hydrogens is 358 g/mol. The van der Waals surface area contributed by atoms with Crippen molar-refractivity contribution in [2.75, 3.05) is 19.0 Å². The maximum Gasteiger partial charge on any atom is 0.325 e. The van der Waals surface area contributed by atoms with Crippen LogP contribution < -0.4 is 15.4 Å². The number of hydrogen-bond acceptors (Lipinski definition) is 4. The summed E-state index contributed by atoms with van der Waals surface area (Å²) >= 11 is 6.03. The lowest BCUT2D eigenvalue weighted by Gasteiger charge is -2.33. The van der Waals surface area contributed by atoms with Gasteiger partial charge in [0, 0.05) is 5.69 Å². The van der Waals surface area contributed by atoms with Crippen molar-refractivity contribution in [3.8, 4) is 5.75 Å². The maximum atomic E-state index is 12.7. The molecule has 0 bridgehead atoms. The van der Waals surface area contributed by atoms with Gasteiger partial charge in [0.05, 0.1) is 12.1 Å². The van der Waals surface area contributed by atoms with Crippen LogP contribution in [0.25, 0.3) is 0 Å². The lowest BCUT2D eigenvalue weighted by molar-refractivity contribution is -0.135. The molecule has 1 saturated carbocycles. The molecule has 4 amide bonds. The van der Waals surface area contributed by atoms with Crippen molar-refractivity contribution in [1.82, 2.24) is 10.2 Å². The van der Waals surface area contributed by atoms with Gasteiger partial charge < -0.3 is 15.4 Å². The van der Waals surface area contributed by atoms with E-state index in [4.69, 9.17) is 16.3 Å². The smallest absolute Gasteiger partial charge is 0.325 e. The van der Waals surface area contributed by atoms with E-state index in [2.05, 4.69) is 17.6 Å². The Morgan fingerprint density at radius 3 is 2.69 bits per heavy atom. The Balaban J connectivity index is 1.65. The number of anilines is 1. The van der Waals surface area contributed by atoms with Gasteiger partial charge in [-0.15, -0.1) is 0 Å². The van der Waals surface area contributed by atoms with Gasteiger partial charge in [-0.2, -0.15) is 0 Å². The van der Waals surface area contributed by atoms with Crippen LogP contribution in [0.1, 0.15) is 32.6 Å². The molecule has 1 spiro atoms. The second kappa shape index (κ2) is 7.15. The molecule has 2 fully saturated rings. The highest BCUT2D eigenvalue weighted by Crippen LogP contribution is 2.36. The zero-order chi connectivity index (χ0) is 18.9. The quantitative estimate of drug-likeness (QED) is 0.787. The summed E-state index contributed by atoms with van der Waals surface area (Å²) in [4.78, 5) is 38.3. The first-order chi connectivity index (χ1) is 12.3. The number of imide groups is 1. The molecule has 7 nitrogen and oxygen atoms in total. The Bertz CT molecular complexity index is 744. The number of benzene rings is 1. The summed E-state index contributed by atoms with van der Waals surface area (Å²) in [7, 11) is 1.50. The van der Waals surface area contributed by atoms with Gasteiger partial charge in [0.15, 0.2) is 0 Å². The van der Waals surface area contributed by atoms with Crippen molar-refractivity contribution < 1.29 is 19.1 Å². The number of amides is 4. The number of carbonyl (C=O) groups excluding carboxylic acids is 3. The molecule has 1 aliphatic carbocycles. The zero-order valence-electron chi connectivity index (χ0n) is 14.8. The number of carbonyl (C=O) groups is 3. The molecule has 0 aromatic heterocycles. The highest BCUT2D eigenvalue weighted by Gasteiger charge is 2.52. The number of halogens is 1. The summed E-state index contributed by atoms with van der Waals surface area (Å²) in [5, 5.41) is 5.81. The number of hydrogen-bond donors (Lipinski definition) is 2. The monoisotopic (exact) mass is 379 g/mol. The first-order valence-electron chi connectivity index (χ1n) is 8.62. The van der Waals surface area contributed by atoms with E-state index >= 15 is 0 Å². The number of urea groups is 1. The maximum absolute atomic E-state index is 12.7. The van der Waals surface area contributed by atoms with Gasteiger partial charge in [-0.1, -0.05) is 18.5 Å². The van der Waals surface area contributed by atoms with Crippen LogP contribution >= 0.6 is 11.6 Å². The van der Waals surface area contributed by atoms with Gasteiger partial charge in [0.25, 0.3) is 5.91 Å². The highest BCUT2D eigenvalue weighted by atomic mass is 35.5.